The molecule has 21 heavy (non-hydrogen) atoms. The first kappa shape index (κ1) is 17.8. The quantitative estimate of drug-likeness (QED) is 0.443. The molecule has 2 heteroatoms. The van der Waals surface area contributed by atoms with Gasteiger partial charge in [0.05, 0.1) is 6.61 Å². The van der Waals surface area contributed by atoms with Crippen molar-refractivity contribution >= 4 is 0 Å². The van der Waals surface area contributed by atoms with E-state index in [1.54, 1.807) is 0 Å². The van der Waals surface area contributed by atoms with Crippen molar-refractivity contribution in [2.24, 2.45) is 0 Å². The van der Waals surface area contributed by atoms with Crippen LogP contribution in [0.25, 0.3) is 0 Å². The van der Waals surface area contributed by atoms with E-state index in [2.05, 4.69) is 50.0 Å². The molecule has 1 atom stereocenters. The molecule has 0 bridgehead atoms. The van der Waals surface area contributed by atoms with Gasteiger partial charge in [0.2, 0.25) is 0 Å². The van der Waals surface area contributed by atoms with Crippen molar-refractivity contribution in [2.45, 2.75) is 58.4 Å². The summed E-state index contributed by atoms with van der Waals surface area (Å²) in [5, 5.41) is 3.52. The molecule has 2 nitrogen and oxygen atoms in total. The van der Waals surface area contributed by atoms with Crippen LogP contribution in [0, 0.1) is 0 Å². The molecule has 0 heterocycles. The minimum absolute atomic E-state index is 0.529. The molecule has 0 aliphatic rings. The third-order valence-electron chi connectivity index (χ3n) is 3.53. The van der Waals surface area contributed by atoms with Gasteiger partial charge < -0.3 is 10.1 Å². The second-order valence-corrected chi connectivity index (χ2v) is 5.69. The number of allylic oxidation sites excluding steroid dienone is 1. The van der Waals surface area contributed by atoms with E-state index < -0.39 is 0 Å². The fourth-order valence-corrected chi connectivity index (χ4v) is 2.30. The number of nitrogens with one attached hydrogen (secondary N) is 1. The monoisotopic (exact) mass is 289 g/mol. The molecule has 1 aromatic rings. The van der Waals surface area contributed by atoms with Crippen LogP contribution in [0.2, 0.25) is 0 Å². The maximum Gasteiger partial charge on any atom is 0.119 e. The van der Waals surface area contributed by atoms with Crippen molar-refractivity contribution in [3.8, 4) is 5.75 Å². The predicted molar refractivity (Wildman–Crippen MR) is 92.1 cm³/mol. The second-order valence-electron chi connectivity index (χ2n) is 5.69. The minimum atomic E-state index is 0.529. The van der Waals surface area contributed by atoms with E-state index in [1.807, 2.05) is 6.08 Å². The molecular weight excluding hydrogens is 258 g/mol. The van der Waals surface area contributed by atoms with Crippen LogP contribution in [0.3, 0.4) is 0 Å². The molecule has 1 N–H and O–H groups in total. The summed E-state index contributed by atoms with van der Waals surface area (Å²) >= 11 is 0. The zero-order valence-electron chi connectivity index (χ0n) is 13.7. The van der Waals surface area contributed by atoms with Crippen LogP contribution in [0.15, 0.2) is 36.9 Å². The number of hydrogen-bond acceptors (Lipinski definition) is 2. The van der Waals surface area contributed by atoms with Gasteiger partial charge in [0.1, 0.15) is 5.75 Å². The number of rotatable bonds is 12. The number of ether oxygens (including phenoxy) is 1. The molecule has 0 aliphatic carbocycles. The predicted octanol–water partition coefficient (Wildman–Crippen LogP) is 4.74. The van der Waals surface area contributed by atoms with Gasteiger partial charge in [0.25, 0.3) is 0 Å². The molecule has 0 radical (unpaired) electrons. The average Bonchev–Trinajstić information content (AvgIpc) is 2.50. The largest absolute Gasteiger partial charge is 0.494 e. The van der Waals surface area contributed by atoms with Crippen molar-refractivity contribution in [1.82, 2.24) is 5.32 Å². The molecule has 0 spiro atoms. The Labute approximate surface area is 130 Å². The van der Waals surface area contributed by atoms with Crippen molar-refractivity contribution in [1.29, 1.82) is 0 Å². The molecule has 1 aromatic carbocycles. The summed E-state index contributed by atoms with van der Waals surface area (Å²) in [4.78, 5) is 0. The molecule has 1 unspecified atom stereocenters. The van der Waals surface area contributed by atoms with Gasteiger partial charge in [-0.25, -0.2) is 0 Å². The fourth-order valence-electron chi connectivity index (χ4n) is 2.30. The van der Waals surface area contributed by atoms with Gasteiger partial charge in [0.15, 0.2) is 0 Å². The summed E-state index contributed by atoms with van der Waals surface area (Å²) in [6, 6.07) is 9.06. The molecule has 0 fully saturated rings. The standard InChI is InChI=1S/C19H31NO/c1-4-6-7-8-9-15-21-19-12-10-18(11-13-19)16-17(3)20-14-5-2/h4,10-13,17,20H,1,5-9,14-16H2,2-3H3. The van der Waals surface area contributed by atoms with E-state index in [4.69, 9.17) is 4.74 Å². The molecule has 0 aromatic heterocycles. The molecule has 0 saturated heterocycles. The van der Waals surface area contributed by atoms with Crippen LogP contribution in [-0.4, -0.2) is 19.2 Å². The third-order valence-corrected chi connectivity index (χ3v) is 3.53. The van der Waals surface area contributed by atoms with Gasteiger partial charge in [-0.1, -0.05) is 25.1 Å². The Morgan fingerprint density at radius 3 is 2.62 bits per heavy atom. The van der Waals surface area contributed by atoms with Crippen molar-refractivity contribution < 1.29 is 4.74 Å². The Kier molecular flexibility index (Phi) is 9.64. The number of unbranched alkanes of at least 4 members (excludes halogenated alkanes) is 3. The van der Waals surface area contributed by atoms with E-state index >= 15 is 0 Å². The van der Waals surface area contributed by atoms with Gasteiger partial charge >= 0.3 is 0 Å². The van der Waals surface area contributed by atoms with E-state index in [9.17, 15) is 0 Å². The zero-order valence-corrected chi connectivity index (χ0v) is 13.7. The Balaban J connectivity index is 2.22. The maximum absolute atomic E-state index is 5.77. The lowest BCUT2D eigenvalue weighted by molar-refractivity contribution is 0.305. The molecular formula is C19H31NO. The highest BCUT2D eigenvalue weighted by molar-refractivity contribution is 5.27. The molecule has 118 valence electrons. The van der Waals surface area contributed by atoms with Gasteiger partial charge in [0, 0.05) is 6.04 Å². The normalized spacial score (nSPS) is 12.1. The second kappa shape index (κ2) is 11.4. The summed E-state index contributed by atoms with van der Waals surface area (Å²) in [5.74, 6) is 0.983. The van der Waals surface area contributed by atoms with Crippen LogP contribution in [-0.2, 0) is 6.42 Å². The smallest absolute Gasteiger partial charge is 0.119 e. The van der Waals surface area contributed by atoms with E-state index in [0.717, 1.165) is 38.2 Å². The highest BCUT2D eigenvalue weighted by Gasteiger charge is 2.02. The minimum Gasteiger partial charge on any atom is -0.494 e. The summed E-state index contributed by atoms with van der Waals surface area (Å²) < 4.78 is 5.77. The summed E-state index contributed by atoms with van der Waals surface area (Å²) in [5.41, 5.74) is 1.37. The Morgan fingerprint density at radius 1 is 1.19 bits per heavy atom. The molecule has 0 aliphatic heterocycles. The van der Waals surface area contributed by atoms with Crippen LogP contribution in [0.5, 0.6) is 5.75 Å². The zero-order chi connectivity index (χ0) is 15.3. The first-order valence-electron chi connectivity index (χ1n) is 8.32. The van der Waals surface area contributed by atoms with Gasteiger partial charge in [-0.3, -0.25) is 0 Å². The van der Waals surface area contributed by atoms with Crippen molar-refractivity contribution in [3.63, 3.8) is 0 Å². The number of hydrogen-bond donors (Lipinski definition) is 1. The highest BCUT2D eigenvalue weighted by Crippen LogP contribution is 2.14. The lowest BCUT2D eigenvalue weighted by Crippen LogP contribution is -2.28. The van der Waals surface area contributed by atoms with Crippen molar-refractivity contribution in [2.75, 3.05) is 13.2 Å². The maximum atomic E-state index is 5.77. The van der Waals surface area contributed by atoms with Gasteiger partial charge in [-0.15, -0.1) is 6.58 Å². The van der Waals surface area contributed by atoms with E-state index in [1.165, 1.54) is 24.8 Å². The molecule has 1 rings (SSSR count). The summed E-state index contributed by atoms with van der Waals surface area (Å²) in [6.07, 6.45) is 8.90. The van der Waals surface area contributed by atoms with Crippen LogP contribution in [0.1, 0.15) is 51.5 Å². The Bertz CT molecular complexity index is 372. The average molecular weight is 289 g/mol. The van der Waals surface area contributed by atoms with Gasteiger partial charge in [-0.2, -0.15) is 0 Å². The highest BCUT2D eigenvalue weighted by atomic mass is 16.5. The van der Waals surface area contributed by atoms with Gasteiger partial charge in [-0.05, 0) is 69.7 Å². The fraction of sp³-hybridized carbons (Fsp3) is 0.579. The van der Waals surface area contributed by atoms with Crippen LogP contribution < -0.4 is 10.1 Å². The lowest BCUT2D eigenvalue weighted by atomic mass is 10.1. The Morgan fingerprint density at radius 2 is 1.95 bits per heavy atom. The first-order chi connectivity index (χ1) is 10.3. The first-order valence-corrected chi connectivity index (χ1v) is 8.32. The van der Waals surface area contributed by atoms with Crippen LogP contribution in [0.4, 0.5) is 0 Å². The topological polar surface area (TPSA) is 21.3 Å². The SMILES string of the molecule is C=CCCCCCOc1ccc(CC(C)NCCC)cc1. The molecule has 0 saturated carbocycles. The van der Waals surface area contributed by atoms with Crippen LogP contribution >= 0.6 is 0 Å². The third kappa shape index (κ3) is 8.56. The Hall–Kier alpha value is -1.28. The number of benzene rings is 1. The van der Waals surface area contributed by atoms with Crippen molar-refractivity contribution in [3.05, 3.63) is 42.5 Å². The summed E-state index contributed by atoms with van der Waals surface area (Å²) in [7, 11) is 0. The van der Waals surface area contributed by atoms with E-state index in [0.29, 0.717) is 6.04 Å². The van der Waals surface area contributed by atoms with E-state index in [-0.39, 0.29) is 0 Å². The molecule has 0 amide bonds. The lowest BCUT2D eigenvalue weighted by Gasteiger charge is -2.13. The summed E-state index contributed by atoms with van der Waals surface area (Å²) in [6.45, 7) is 10.1.